The highest BCUT2D eigenvalue weighted by molar-refractivity contribution is 7.27. The molecule has 4 heteroatoms. The van der Waals surface area contributed by atoms with Gasteiger partial charge < -0.3 is 9.30 Å². The smallest absolute Gasteiger partial charge is 0.0640 e. The Kier molecular flexibility index (Phi) is 7.00. The Morgan fingerprint density at radius 1 is 0.393 bits per heavy atom. The first kappa shape index (κ1) is 31.6. The topological polar surface area (TPSA) is 7.65 Å². The molecular formula is C52H32N2S2. The zero-order chi connectivity index (χ0) is 36.7. The highest BCUT2D eigenvalue weighted by atomic mass is 32.1. The van der Waals surface area contributed by atoms with E-state index in [2.05, 4.69) is 203 Å². The Balaban J connectivity index is 1.11. The van der Waals surface area contributed by atoms with E-state index in [1.165, 1.54) is 101 Å². The Hall–Kier alpha value is -6.72. The van der Waals surface area contributed by atoms with Crippen molar-refractivity contribution >= 4 is 107 Å². The van der Waals surface area contributed by atoms with Crippen molar-refractivity contribution in [2.75, 3.05) is 4.90 Å². The van der Waals surface area contributed by atoms with Crippen molar-refractivity contribution in [3.05, 3.63) is 194 Å². The molecule has 0 aliphatic heterocycles. The molecule has 0 radical (unpaired) electrons. The average Bonchev–Trinajstić information content (AvgIpc) is 3.95. The lowest BCUT2D eigenvalue weighted by molar-refractivity contribution is 1.27. The third-order valence-corrected chi connectivity index (χ3v) is 13.8. The summed E-state index contributed by atoms with van der Waals surface area (Å²) in [5, 5.41) is 8.93. The Labute approximate surface area is 331 Å². The average molecular weight is 749 g/mol. The number of nitrogens with zero attached hydrogens (tertiary/aromatic N) is 2. The maximum Gasteiger partial charge on any atom is 0.0640 e. The molecule has 0 aliphatic carbocycles. The summed E-state index contributed by atoms with van der Waals surface area (Å²) in [6, 6.07) is 71.3. The predicted octanol–water partition coefficient (Wildman–Crippen LogP) is 15.8. The van der Waals surface area contributed by atoms with Crippen LogP contribution in [0.3, 0.4) is 0 Å². The van der Waals surface area contributed by atoms with Crippen LogP contribution in [-0.2, 0) is 0 Å². The second kappa shape index (κ2) is 12.4. The Morgan fingerprint density at radius 3 is 1.59 bits per heavy atom. The second-order valence-electron chi connectivity index (χ2n) is 14.4. The number of pyridine rings is 1. The van der Waals surface area contributed by atoms with Gasteiger partial charge in [0, 0.05) is 53.0 Å². The lowest BCUT2D eigenvalue weighted by Gasteiger charge is -2.27. The Bertz CT molecular complexity index is 3370. The molecule has 4 aromatic heterocycles. The van der Waals surface area contributed by atoms with Gasteiger partial charge in [-0.1, -0.05) is 146 Å². The fourth-order valence-electron chi connectivity index (χ4n) is 8.91. The molecule has 0 unspecified atom stereocenters. The molecule has 4 heterocycles. The second-order valence-corrected chi connectivity index (χ2v) is 16.5. The number of fused-ring (bicyclic) bond motifs is 11. The van der Waals surface area contributed by atoms with Gasteiger partial charge in [0.25, 0.3) is 0 Å². The van der Waals surface area contributed by atoms with E-state index in [1.54, 1.807) is 0 Å². The third-order valence-electron chi connectivity index (χ3n) is 11.4. The Morgan fingerprint density at radius 2 is 0.929 bits per heavy atom. The predicted molar refractivity (Wildman–Crippen MR) is 244 cm³/mol. The minimum atomic E-state index is 1.13. The van der Waals surface area contributed by atoms with Crippen molar-refractivity contribution in [1.29, 1.82) is 0 Å². The summed E-state index contributed by atoms with van der Waals surface area (Å²) in [5.41, 5.74) is 10.8. The fraction of sp³-hybridized carbons (Fsp3) is 0. The highest BCUT2D eigenvalue weighted by Gasteiger charge is 2.23. The van der Waals surface area contributed by atoms with Crippen LogP contribution < -0.4 is 4.90 Å². The maximum absolute atomic E-state index is 2.49. The van der Waals surface area contributed by atoms with E-state index in [-0.39, 0.29) is 0 Å². The summed E-state index contributed by atoms with van der Waals surface area (Å²) < 4.78 is 7.68. The number of hydrogen-bond donors (Lipinski definition) is 0. The molecule has 0 bridgehead atoms. The quantitative estimate of drug-likeness (QED) is 0.170. The van der Waals surface area contributed by atoms with Crippen LogP contribution in [0.15, 0.2) is 194 Å². The molecule has 0 aliphatic rings. The number of para-hydroxylation sites is 1. The summed E-state index contributed by atoms with van der Waals surface area (Å²) in [6.45, 7) is 0. The summed E-state index contributed by atoms with van der Waals surface area (Å²) in [7, 11) is 0. The van der Waals surface area contributed by atoms with Gasteiger partial charge in [0.05, 0.1) is 37.5 Å². The van der Waals surface area contributed by atoms with Gasteiger partial charge in [0.1, 0.15) is 0 Å². The number of hydrogen-bond acceptors (Lipinski definition) is 3. The molecule has 8 aromatic carbocycles. The minimum absolute atomic E-state index is 1.13. The number of aromatic nitrogens is 1. The molecular weight excluding hydrogens is 717 g/mol. The SMILES string of the molecule is c1ccc(-c2c3ccccc3n3c(-c4ccc(N(c5cccc6c5sc5ccccc56)c5cccc6c5sc5ccccc56)cc4)cc4ccccc4c23)cc1. The van der Waals surface area contributed by atoms with E-state index < -0.39 is 0 Å². The lowest BCUT2D eigenvalue weighted by Crippen LogP contribution is -2.10. The van der Waals surface area contributed by atoms with E-state index in [4.69, 9.17) is 0 Å². The van der Waals surface area contributed by atoms with Crippen LogP contribution in [0.1, 0.15) is 0 Å². The zero-order valence-electron chi connectivity index (χ0n) is 30.2. The normalized spacial score (nSPS) is 11.9. The number of anilines is 3. The van der Waals surface area contributed by atoms with Gasteiger partial charge in [0.2, 0.25) is 0 Å². The zero-order valence-corrected chi connectivity index (χ0v) is 31.8. The summed E-state index contributed by atoms with van der Waals surface area (Å²) in [6.07, 6.45) is 0. The first-order valence-corrected chi connectivity index (χ1v) is 20.6. The molecule has 2 nitrogen and oxygen atoms in total. The third kappa shape index (κ3) is 4.67. The van der Waals surface area contributed by atoms with Crippen LogP contribution in [0.4, 0.5) is 17.1 Å². The van der Waals surface area contributed by atoms with Crippen LogP contribution in [0.5, 0.6) is 0 Å². The molecule has 0 atom stereocenters. The van der Waals surface area contributed by atoms with Gasteiger partial charge in [-0.05, 0) is 65.0 Å². The monoisotopic (exact) mass is 748 g/mol. The van der Waals surface area contributed by atoms with E-state index in [0.717, 1.165) is 5.69 Å². The van der Waals surface area contributed by atoms with Gasteiger partial charge in [-0.15, -0.1) is 22.7 Å². The molecule has 0 saturated carbocycles. The van der Waals surface area contributed by atoms with E-state index in [9.17, 15) is 0 Å². The molecule has 12 aromatic rings. The standard InChI is InChI=1S/C52H32N2S2/c1-2-14-34(15-3-1)49-42-20-6-9-23-43(42)54-46(32-35-16-4-5-17-37(35)50(49)54)33-28-30-36(31-29-33)53(44-24-12-21-40-38-18-7-10-26-47(38)55-51(40)44)45-25-13-22-41-39-19-8-11-27-48(39)56-52(41)45/h1-32H. The molecule has 0 saturated heterocycles. The van der Waals surface area contributed by atoms with Crippen LogP contribution in [0.25, 0.3) is 89.9 Å². The van der Waals surface area contributed by atoms with Gasteiger partial charge in [0.15, 0.2) is 0 Å². The molecule has 0 fully saturated rings. The van der Waals surface area contributed by atoms with Crippen molar-refractivity contribution in [1.82, 2.24) is 4.40 Å². The highest BCUT2D eigenvalue weighted by Crippen LogP contribution is 2.49. The van der Waals surface area contributed by atoms with Crippen LogP contribution >= 0.6 is 22.7 Å². The van der Waals surface area contributed by atoms with Crippen LogP contribution in [0, 0.1) is 0 Å². The van der Waals surface area contributed by atoms with E-state index in [1.807, 2.05) is 22.7 Å². The number of rotatable bonds is 5. The van der Waals surface area contributed by atoms with Gasteiger partial charge in [-0.2, -0.15) is 0 Å². The first-order chi connectivity index (χ1) is 27.8. The van der Waals surface area contributed by atoms with E-state index >= 15 is 0 Å². The minimum Gasteiger partial charge on any atom is -0.308 e. The van der Waals surface area contributed by atoms with Crippen molar-refractivity contribution < 1.29 is 0 Å². The maximum atomic E-state index is 2.49. The van der Waals surface area contributed by atoms with Crippen LogP contribution in [0.2, 0.25) is 0 Å². The van der Waals surface area contributed by atoms with Gasteiger partial charge in [-0.25, -0.2) is 0 Å². The molecule has 56 heavy (non-hydrogen) atoms. The van der Waals surface area contributed by atoms with E-state index in [0.29, 0.717) is 0 Å². The summed E-state index contributed by atoms with van der Waals surface area (Å²) >= 11 is 3.76. The van der Waals surface area contributed by atoms with Crippen molar-refractivity contribution in [2.45, 2.75) is 0 Å². The summed E-state index contributed by atoms with van der Waals surface area (Å²) in [4.78, 5) is 2.49. The molecule has 0 amide bonds. The fourth-order valence-corrected chi connectivity index (χ4v) is 11.3. The molecule has 262 valence electrons. The largest absolute Gasteiger partial charge is 0.308 e. The number of benzene rings is 8. The first-order valence-electron chi connectivity index (χ1n) is 19.0. The number of thiophene rings is 2. The van der Waals surface area contributed by atoms with Crippen LogP contribution in [-0.4, -0.2) is 4.40 Å². The summed E-state index contributed by atoms with van der Waals surface area (Å²) in [5.74, 6) is 0. The van der Waals surface area contributed by atoms with Gasteiger partial charge >= 0.3 is 0 Å². The van der Waals surface area contributed by atoms with Gasteiger partial charge in [-0.3, -0.25) is 0 Å². The lowest BCUT2D eigenvalue weighted by atomic mass is 9.99. The molecule has 0 spiro atoms. The molecule has 0 N–H and O–H groups in total. The van der Waals surface area contributed by atoms with Crippen molar-refractivity contribution in [3.8, 4) is 22.4 Å². The van der Waals surface area contributed by atoms with Crippen molar-refractivity contribution in [2.24, 2.45) is 0 Å². The molecule has 12 rings (SSSR count). The van der Waals surface area contributed by atoms with Crippen molar-refractivity contribution in [3.63, 3.8) is 0 Å².